The summed E-state index contributed by atoms with van der Waals surface area (Å²) in [4.78, 5) is 0. The average molecular weight is 241 g/mol. The summed E-state index contributed by atoms with van der Waals surface area (Å²) >= 11 is 0. The van der Waals surface area contributed by atoms with Gasteiger partial charge in [0.05, 0.1) is 0 Å². The van der Waals surface area contributed by atoms with Gasteiger partial charge in [-0.15, -0.1) is 0 Å². The molecule has 0 heterocycles. The zero-order valence-corrected chi connectivity index (χ0v) is 12.6. The summed E-state index contributed by atoms with van der Waals surface area (Å²) < 4.78 is 0. The lowest BCUT2D eigenvalue weighted by Crippen LogP contribution is -2.29. The maximum absolute atomic E-state index is 3.68. The second-order valence-corrected chi connectivity index (χ2v) is 5.35. The molecular formula is C16H35N. The maximum atomic E-state index is 3.68. The van der Waals surface area contributed by atoms with Crippen LogP contribution in [0.15, 0.2) is 0 Å². The highest BCUT2D eigenvalue weighted by molar-refractivity contribution is 4.66. The van der Waals surface area contributed by atoms with Gasteiger partial charge in [0.2, 0.25) is 0 Å². The van der Waals surface area contributed by atoms with E-state index in [-0.39, 0.29) is 0 Å². The predicted molar refractivity (Wildman–Crippen MR) is 79.6 cm³/mol. The molecule has 17 heavy (non-hydrogen) atoms. The van der Waals surface area contributed by atoms with Crippen LogP contribution in [-0.4, -0.2) is 12.6 Å². The summed E-state index contributed by atoms with van der Waals surface area (Å²) in [5.74, 6) is 0. The van der Waals surface area contributed by atoms with E-state index in [2.05, 4.69) is 26.1 Å². The summed E-state index contributed by atoms with van der Waals surface area (Å²) in [6.45, 7) is 8.03. The van der Waals surface area contributed by atoms with Gasteiger partial charge in [-0.05, 0) is 25.8 Å². The summed E-state index contributed by atoms with van der Waals surface area (Å²) in [6.07, 6.45) is 15.3. The van der Waals surface area contributed by atoms with E-state index in [0.717, 1.165) is 6.04 Å². The molecule has 0 saturated heterocycles. The van der Waals surface area contributed by atoms with Crippen LogP contribution in [0, 0.1) is 0 Å². The molecule has 104 valence electrons. The molecule has 0 aliphatic rings. The second-order valence-electron chi connectivity index (χ2n) is 5.35. The van der Waals surface area contributed by atoms with Crippen molar-refractivity contribution >= 4 is 0 Å². The molecular weight excluding hydrogens is 206 g/mol. The molecule has 1 atom stereocenters. The van der Waals surface area contributed by atoms with Gasteiger partial charge in [-0.1, -0.05) is 72.1 Å². The molecule has 0 fully saturated rings. The smallest absolute Gasteiger partial charge is 0.00669 e. The van der Waals surface area contributed by atoms with Gasteiger partial charge < -0.3 is 5.32 Å². The van der Waals surface area contributed by atoms with Crippen LogP contribution in [0.3, 0.4) is 0 Å². The van der Waals surface area contributed by atoms with Gasteiger partial charge in [0.25, 0.3) is 0 Å². The van der Waals surface area contributed by atoms with Gasteiger partial charge >= 0.3 is 0 Å². The fourth-order valence-corrected chi connectivity index (χ4v) is 2.39. The van der Waals surface area contributed by atoms with E-state index in [1.165, 1.54) is 77.2 Å². The number of unbranched alkanes of at least 4 members (excludes halogenated alkanes) is 6. The van der Waals surface area contributed by atoms with E-state index in [1.54, 1.807) is 0 Å². The quantitative estimate of drug-likeness (QED) is 0.432. The van der Waals surface area contributed by atoms with Crippen LogP contribution in [0.5, 0.6) is 0 Å². The summed E-state index contributed by atoms with van der Waals surface area (Å²) in [7, 11) is 0. The first-order chi connectivity index (χ1) is 8.35. The minimum absolute atomic E-state index is 0.788. The lowest BCUT2D eigenvalue weighted by Gasteiger charge is -2.17. The van der Waals surface area contributed by atoms with E-state index < -0.39 is 0 Å². The summed E-state index contributed by atoms with van der Waals surface area (Å²) in [5, 5.41) is 3.68. The van der Waals surface area contributed by atoms with E-state index >= 15 is 0 Å². The third kappa shape index (κ3) is 12.2. The zero-order valence-electron chi connectivity index (χ0n) is 12.6. The molecule has 0 aromatic heterocycles. The molecule has 1 nitrogen and oxygen atoms in total. The molecule has 0 aromatic rings. The number of hydrogen-bond donors (Lipinski definition) is 1. The highest BCUT2D eigenvalue weighted by Gasteiger charge is 2.05. The summed E-state index contributed by atoms with van der Waals surface area (Å²) in [6, 6.07) is 0.788. The van der Waals surface area contributed by atoms with Crippen LogP contribution < -0.4 is 5.32 Å². The highest BCUT2D eigenvalue weighted by Crippen LogP contribution is 2.11. The fourth-order valence-electron chi connectivity index (χ4n) is 2.39. The molecule has 1 unspecified atom stereocenters. The molecule has 1 heteroatoms. The van der Waals surface area contributed by atoms with Crippen LogP contribution in [0.4, 0.5) is 0 Å². The third-order valence-corrected chi connectivity index (χ3v) is 3.48. The van der Waals surface area contributed by atoms with Gasteiger partial charge in [0, 0.05) is 6.04 Å². The molecule has 0 aliphatic heterocycles. The fraction of sp³-hybridized carbons (Fsp3) is 1.00. The Bertz CT molecular complexity index is 133. The Morgan fingerprint density at radius 1 is 0.647 bits per heavy atom. The molecule has 0 aliphatic carbocycles. The van der Waals surface area contributed by atoms with Crippen molar-refractivity contribution < 1.29 is 0 Å². The van der Waals surface area contributed by atoms with Crippen molar-refractivity contribution in [1.29, 1.82) is 0 Å². The lowest BCUT2D eigenvalue weighted by molar-refractivity contribution is 0.426. The number of nitrogens with one attached hydrogen (secondary N) is 1. The molecule has 0 amide bonds. The molecule has 0 spiro atoms. The van der Waals surface area contributed by atoms with Gasteiger partial charge in [0.15, 0.2) is 0 Å². The molecule has 0 radical (unpaired) electrons. The van der Waals surface area contributed by atoms with Crippen LogP contribution >= 0.6 is 0 Å². The first-order valence-electron chi connectivity index (χ1n) is 8.08. The molecule has 0 rings (SSSR count). The monoisotopic (exact) mass is 241 g/mol. The van der Waals surface area contributed by atoms with Crippen molar-refractivity contribution in [3.63, 3.8) is 0 Å². The Hall–Kier alpha value is -0.0400. The number of rotatable bonds is 13. The van der Waals surface area contributed by atoms with Crippen molar-refractivity contribution in [3.05, 3.63) is 0 Å². The SMILES string of the molecule is CCCCCCCCCC(CCC)NCCC. The van der Waals surface area contributed by atoms with E-state index in [9.17, 15) is 0 Å². The van der Waals surface area contributed by atoms with Crippen molar-refractivity contribution in [1.82, 2.24) is 5.32 Å². The van der Waals surface area contributed by atoms with E-state index in [1.807, 2.05) is 0 Å². The molecule has 1 N–H and O–H groups in total. The minimum Gasteiger partial charge on any atom is -0.314 e. The van der Waals surface area contributed by atoms with Crippen LogP contribution in [0.1, 0.15) is 91.4 Å². The molecule has 0 aromatic carbocycles. The van der Waals surface area contributed by atoms with Gasteiger partial charge in [0.1, 0.15) is 0 Å². The standard InChI is InChI=1S/C16H35N/c1-4-7-8-9-10-11-12-14-16(13-5-2)17-15-6-3/h16-17H,4-15H2,1-3H3. The molecule has 0 saturated carbocycles. The minimum atomic E-state index is 0.788. The first kappa shape index (κ1) is 17.0. The van der Waals surface area contributed by atoms with E-state index in [4.69, 9.17) is 0 Å². The van der Waals surface area contributed by atoms with E-state index in [0.29, 0.717) is 0 Å². The van der Waals surface area contributed by atoms with Gasteiger partial charge in [-0.2, -0.15) is 0 Å². The lowest BCUT2D eigenvalue weighted by atomic mass is 10.0. The van der Waals surface area contributed by atoms with Gasteiger partial charge in [-0.25, -0.2) is 0 Å². The Morgan fingerprint density at radius 2 is 1.29 bits per heavy atom. The number of hydrogen-bond acceptors (Lipinski definition) is 1. The van der Waals surface area contributed by atoms with Gasteiger partial charge in [-0.3, -0.25) is 0 Å². The van der Waals surface area contributed by atoms with Crippen molar-refractivity contribution in [2.75, 3.05) is 6.54 Å². The zero-order chi connectivity index (χ0) is 12.8. The summed E-state index contributed by atoms with van der Waals surface area (Å²) in [5.41, 5.74) is 0. The molecule has 0 bridgehead atoms. The predicted octanol–water partition coefficient (Wildman–Crippen LogP) is 5.30. The maximum Gasteiger partial charge on any atom is 0.00669 e. The topological polar surface area (TPSA) is 12.0 Å². The van der Waals surface area contributed by atoms with Crippen LogP contribution in [-0.2, 0) is 0 Å². The Labute approximate surface area is 110 Å². The Kier molecular flexibility index (Phi) is 14.0. The average Bonchev–Trinajstić information content (AvgIpc) is 2.34. The third-order valence-electron chi connectivity index (χ3n) is 3.48. The van der Waals surface area contributed by atoms with Crippen molar-refractivity contribution in [3.8, 4) is 0 Å². The van der Waals surface area contributed by atoms with Crippen molar-refractivity contribution in [2.45, 2.75) is 97.4 Å². The van der Waals surface area contributed by atoms with Crippen molar-refractivity contribution in [2.24, 2.45) is 0 Å². The normalized spacial score (nSPS) is 12.9. The Balaban J connectivity index is 3.34. The Morgan fingerprint density at radius 3 is 1.88 bits per heavy atom. The largest absolute Gasteiger partial charge is 0.314 e. The van der Waals surface area contributed by atoms with Crippen LogP contribution in [0.2, 0.25) is 0 Å². The second kappa shape index (κ2) is 14.0. The highest BCUT2D eigenvalue weighted by atomic mass is 14.9. The first-order valence-corrected chi connectivity index (χ1v) is 8.08. The van der Waals surface area contributed by atoms with Crippen LogP contribution in [0.25, 0.3) is 0 Å².